The van der Waals surface area contributed by atoms with Crippen molar-refractivity contribution in [1.82, 2.24) is 10.3 Å². The highest BCUT2D eigenvalue weighted by molar-refractivity contribution is 5.99. The highest BCUT2D eigenvalue weighted by Gasteiger charge is 2.24. The molecule has 1 aliphatic carbocycles. The smallest absolute Gasteiger partial charge is 0.252 e. The van der Waals surface area contributed by atoms with Crippen LogP contribution in [0.2, 0.25) is 0 Å². The Morgan fingerprint density at radius 3 is 2.61 bits per heavy atom. The zero-order chi connectivity index (χ0) is 20.5. The number of aromatic nitrogens is 1. The third kappa shape index (κ3) is 4.48. The Hall–Kier alpha value is -2.93. The minimum Gasteiger partial charge on any atom is -0.394 e. The Kier molecular flexibility index (Phi) is 5.38. The van der Waals surface area contributed by atoms with Crippen LogP contribution in [0.1, 0.15) is 53.0 Å². The molecule has 0 spiro atoms. The molecule has 2 amide bonds. The molecular weight excluding hydrogens is 356 g/mol. The van der Waals surface area contributed by atoms with Crippen LogP contribution in [0.5, 0.6) is 0 Å². The summed E-state index contributed by atoms with van der Waals surface area (Å²) >= 11 is 0. The molecule has 0 radical (unpaired) electrons. The van der Waals surface area contributed by atoms with Crippen LogP contribution < -0.4 is 16.4 Å². The fourth-order valence-electron chi connectivity index (χ4n) is 2.83. The van der Waals surface area contributed by atoms with Gasteiger partial charge in [-0.05, 0) is 62.9 Å². The monoisotopic (exact) mass is 382 g/mol. The lowest BCUT2D eigenvalue weighted by molar-refractivity contribution is 0.0949. The molecule has 1 fully saturated rings. The number of benzene rings is 1. The number of aliphatic hydroxyl groups is 1. The molecule has 0 unspecified atom stereocenters. The average Bonchev–Trinajstić information content (AvgIpc) is 3.46. The van der Waals surface area contributed by atoms with Crippen LogP contribution in [-0.4, -0.2) is 40.1 Å². The number of pyridine rings is 1. The summed E-state index contributed by atoms with van der Waals surface area (Å²) in [5, 5.41) is 15.5. The van der Waals surface area contributed by atoms with Crippen LogP contribution in [0.15, 0.2) is 30.5 Å². The van der Waals surface area contributed by atoms with Crippen molar-refractivity contribution in [2.75, 3.05) is 11.9 Å². The molecule has 1 aromatic carbocycles. The molecule has 28 heavy (non-hydrogen) atoms. The van der Waals surface area contributed by atoms with Crippen molar-refractivity contribution in [1.29, 1.82) is 0 Å². The van der Waals surface area contributed by atoms with Crippen molar-refractivity contribution in [3.05, 3.63) is 47.2 Å². The molecular formula is C21H26N4O3. The Morgan fingerprint density at radius 1 is 1.29 bits per heavy atom. The number of aliphatic hydroxyl groups excluding tert-OH is 1. The summed E-state index contributed by atoms with van der Waals surface area (Å²) < 4.78 is 0. The first kappa shape index (κ1) is 19.8. The number of hydrogen-bond acceptors (Lipinski definition) is 5. The molecule has 1 aliphatic rings. The number of nitrogens with two attached hydrogens (primary N) is 1. The zero-order valence-electron chi connectivity index (χ0n) is 16.4. The minimum absolute atomic E-state index is 0.102. The summed E-state index contributed by atoms with van der Waals surface area (Å²) in [7, 11) is 0. The number of primary amides is 1. The molecule has 0 saturated heterocycles. The first-order chi connectivity index (χ1) is 13.2. The molecule has 7 nitrogen and oxygen atoms in total. The third-order valence-electron chi connectivity index (χ3n) is 4.73. The maximum Gasteiger partial charge on any atom is 0.252 e. The van der Waals surface area contributed by atoms with E-state index in [1.807, 2.05) is 13.0 Å². The third-order valence-corrected chi connectivity index (χ3v) is 4.73. The van der Waals surface area contributed by atoms with Gasteiger partial charge < -0.3 is 21.5 Å². The van der Waals surface area contributed by atoms with Crippen molar-refractivity contribution in [3.8, 4) is 11.1 Å². The molecule has 1 heterocycles. The average molecular weight is 382 g/mol. The van der Waals surface area contributed by atoms with Gasteiger partial charge in [0.1, 0.15) is 5.82 Å². The maximum absolute atomic E-state index is 12.4. The molecule has 0 aliphatic heterocycles. The van der Waals surface area contributed by atoms with Gasteiger partial charge >= 0.3 is 0 Å². The highest BCUT2D eigenvalue weighted by Crippen LogP contribution is 2.28. The van der Waals surface area contributed by atoms with Gasteiger partial charge in [0.05, 0.1) is 17.7 Å². The van der Waals surface area contributed by atoms with Gasteiger partial charge in [-0.1, -0.05) is 6.07 Å². The quantitative estimate of drug-likeness (QED) is 0.586. The number of nitrogens with zero attached hydrogens (tertiary/aromatic N) is 1. The van der Waals surface area contributed by atoms with E-state index in [1.165, 1.54) is 0 Å². The molecule has 5 N–H and O–H groups in total. The summed E-state index contributed by atoms with van der Waals surface area (Å²) in [6, 6.07) is 7.41. The summed E-state index contributed by atoms with van der Waals surface area (Å²) in [4.78, 5) is 28.7. The van der Waals surface area contributed by atoms with Gasteiger partial charge in [0.15, 0.2) is 0 Å². The van der Waals surface area contributed by atoms with Crippen LogP contribution in [0.25, 0.3) is 11.1 Å². The topological polar surface area (TPSA) is 117 Å². The second-order valence-electron chi connectivity index (χ2n) is 7.93. The normalized spacial score (nSPS) is 13.9. The number of carbonyl (C=O) groups excluding carboxylic acids is 2. The van der Waals surface area contributed by atoms with Gasteiger partial charge in [-0.2, -0.15) is 0 Å². The standard InChI is InChI=1S/C21H26N4O3/c1-12-4-5-13(20(28)24-15-6-7-15)8-16(12)14-9-17(18(22)27)19(23-10-14)25-21(2,3)11-26/h4-5,8-10,15,26H,6-7,11H2,1-3H3,(H2,22,27)(H,23,25)(H,24,28). The van der Waals surface area contributed by atoms with Crippen molar-refractivity contribution in [3.63, 3.8) is 0 Å². The lowest BCUT2D eigenvalue weighted by atomic mass is 9.97. The maximum atomic E-state index is 12.4. The van der Waals surface area contributed by atoms with Crippen LogP contribution in [-0.2, 0) is 0 Å². The highest BCUT2D eigenvalue weighted by atomic mass is 16.3. The summed E-state index contributed by atoms with van der Waals surface area (Å²) in [5.74, 6) is -0.406. The van der Waals surface area contributed by atoms with E-state index in [-0.39, 0.29) is 24.1 Å². The van der Waals surface area contributed by atoms with E-state index >= 15 is 0 Å². The van der Waals surface area contributed by atoms with E-state index < -0.39 is 11.4 Å². The number of carbonyl (C=O) groups is 2. The second kappa shape index (κ2) is 7.59. The van der Waals surface area contributed by atoms with E-state index in [9.17, 15) is 14.7 Å². The van der Waals surface area contributed by atoms with Gasteiger partial charge in [-0.25, -0.2) is 4.98 Å². The molecule has 0 bridgehead atoms. The molecule has 148 valence electrons. The Bertz CT molecular complexity index is 920. The SMILES string of the molecule is Cc1ccc(C(=O)NC2CC2)cc1-c1cnc(NC(C)(C)CO)c(C(N)=O)c1. The van der Waals surface area contributed by atoms with Crippen molar-refractivity contribution >= 4 is 17.6 Å². The van der Waals surface area contributed by atoms with Gasteiger partial charge in [0.2, 0.25) is 0 Å². The van der Waals surface area contributed by atoms with Crippen LogP contribution in [0, 0.1) is 6.92 Å². The van der Waals surface area contributed by atoms with E-state index in [0.717, 1.165) is 24.0 Å². The molecule has 3 rings (SSSR count). The second-order valence-corrected chi connectivity index (χ2v) is 7.93. The Balaban J connectivity index is 1.97. The fourth-order valence-corrected chi connectivity index (χ4v) is 2.83. The van der Waals surface area contributed by atoms with Crippen LogP contribution in [0.3, 0.4) is 0 Å². The summed E-state index contributed by atoms with van der Waals surface area (Å²) in [5.41, 5.74) is 8.15. The van der Waals surface area contributed by atoms with Crippen molar-refractivity contribution in [2.24, 2.45) is 5.73 Å². The predicted octanol–water partition coefficient (Wildman–Crippen LogP) is 2.23. The lowest BCUT2D eigenvalue weighted by Gasteiger charge is -2.25. The molecule has 1 saturated carbocycles. The zero-order valence-corrected chi connectivity index (χ0v) is 16.4. The molecule has 7 heteroatoms. The first-order valence-electron chi connectivity index (χ1n) is 9.31. The minimum atomic E-state index is -0.657. The van der Waals surface area contributed by atoms with Gasteiger partial charge in [0, 0.05) is 23.4 Å². The van der Waals surface area contributed by atoms with Gasteiger partial charge in [0.25, 0.3) is 11.8 Å². The lowest BCUT2D eigenvalue weighted by Crippen LogP contribution is -2.36. The Morgan fingerprint density at radius 2 is 2.00 bits per heavy atom. The summed E-state index contributed by atoms with van der Waals surface area (Å²) in [6.07, 6.45) is 3.68. The number of aryl methyl sites for hydroxylation is 1. The number of hydrogen-bond donors (Lipinski definition) is 4. The predicted molar refractivity (Wildman–Crippen MR) is 108 cm³/mol. The largest absolute Gasteiger partial charge is 0.394 e. The number of anilines is 1. The van der Waals surface area contributed by atoms with Gasteiger partial charge in [-0.3, -0.25) is 9.59 Å². The molecule has 0 atom stereocenters. The van der Waals surface area contributed by atoms with Gasteiger partial charge in [-0.15, -0.1) is 0 Å². The number of nitrogens with one attached hydrogen (secondary N) is 2. The Labute approximate surface area is 164 Å². The first-order valence-corrected chi connectivity index (χ1v) is 9.31. The van der Waals surface area contributed by atoms with E-state index in [0.29, 0.717) is 16.9 Å². The number of rotatable bonds is 7. The summed E-state index contributed by atoms with van der Waals surface area (Å²) in [6.45, 7) is 5.38. The van der Waals surface area contributed by atoms with E-state index in [4.69, 9.17) is 5.73 Å². The van der Waals surface area contributed by atoms with Crippen LogP contribution >= 0.6 is 0 Å². The molecule has 1 aromatic heterocycles. The fraction of sp³-hybridized carbons (Fsp3) is 0.381. The van der Waals surface area contributed by atoms with E-state index in [2.05, 4.69) is 15.6 Å². The van der Waals surface area contributed by atoms with E-state index in [1.54, 1.807) is 38.2 Å². The molecule has 2 aromatic rings. The van der Waals surface area contributed by atoms with Crippen molar-refractivity contribution < 1.29 is 14.7 Å². The number of amides is 2. The van der Waals surface area contributed by atoms with Crippen LogP contribution in [0.4, 0.5) is 5.82 Å². The van der Waals surface area contributed by atoms with Crippen molar-refractivity contribution in [2.45, 2.75) is 45.2 Å².